The number of nitrogens with zero attached hydrogens (tertiary/aromatic N) is 3. The summed E-state index contributed by atoms with van der Waals surface area (Å²) in [4.78, 5) is 4.10. The molecular weight excluding hydrogens is 260 g/mol. The van der Waals surface area contributed by atoms with Crippen LogP contribution in [0, 0.1) is 0 Å². The maximum atomic E-state index is 6.35. The van der Waals surface area contributed by atoms with Crippen molar-refractivity contribution in [2.45, 2.75) is 39.9 Å². The minimum Gasteiger partial charge on any atom is -0.307 e. The zero-order chi connectivity index (χ0) is 13.7. The maximum Gasteiger partial charge on any atom is 0.0863 e. The van der Waals surface area contributed by atoms with E-state index < -0.39 is 0 Å². The van der Waals surface area contributed by atoms with E-state index in [1.807, 2.05) is 16.9 Å². The monoisotopic (exact) mass is 278 g/mol. The molecule has 2 aromatic heterocycles. The summed E-state index contributed by atoms with van der Waals surface area (Å²) < 4.78 is 1.97. The number of aryl methyl sites for hydroxylation is 2. The summed E-state index contributed by atoms with van der Waals surface area (Å²) in [6, 6.07) is 3.99. The third kappa shape index (κ3) is 3.33. The first-order chi connectivity index (χ1) is 9.26. The second kappa shape index (κ2) is 6.68. The molecule has 5 heteroatoms. The summed E-state index contributed by atoms with van der Waals surface area (Å²) in [7, 11) is 0. The van der Waals surface area contributed by atoms with Crippen molar-refractivity contribution in [2.24, 2.45) is 0 Å². The first-order valence-corrected chi connectivity index (χ1v) is 6.97. The van der Waals surface area contributed by atoms with Crippen molar-refractivity contribution in [3.63, 3.8) is 0 Å². The lowest BCUT2D eigenvalue weighted by Gasteiger charge is -2.07. The Kier molecular flexibility index (Phi) is 4.93. The van der Waals surface area contributed by atoms with Crippen molar-refractivity contribution in [3.8, 4) is 0 Å². The molecule has 0 aliphatic rings. The van der Waals surface area contributed by atoms with Gasteiger partial charge in [0.1, 0.15) is 0 Å². The largest absolute Gasteiger partial charge is 0.307 e. The molecule has 0 amide bonds. The Morgan fingerprint density at radius 3 is 2.79 bits per heavy atom. The number of hydrogen-bond donors (Lipinski definition) is 1. The lowest BCUT2D eigenvalue weighted by molar-refractivity contribution is 0.577. The van der Waals surface area contributed by atoms with Gasteiger partial charge in [0.15, 0.2) is 0 Å². The molecule has 0 saturated carbocycles. The Morgan fingerprint density at radius 2 is 2.16 bits per heavy atom. The second-order valence-electron chi connectivity index (χ2n) is 4.34. The van der Waals surface area contributed by atoms with Crippen molar-refractivity contribution in [2.75, 3.05) is 0 Å². The number of hydrogen-bond acceptors (Lipinski definition) is 3. The van der Waals surface area contributed by atoms with Gasteiger partial charge in [0.25, 0.3) is 0 Å². The van der Waals surface area contributed by atoms with Crippen LogP contribution in [0.1, 0.15) is 30.8 Å². The van der Waals surface area contributed by atoms with E-state index in [2.05, 4.69) is 35.3 Å². The van der Waals surface area contributed by atoms with Gasteiger partial charge in [-0.3, -0.25) is 9.67 Å². The highest BCUT2D eigenvalue weighted by Gasteiger charge is 2.13. The van der Waals surface area contributed by atoms with Gasteiger partial charge in [0.05, 0.1) is 16.4 Å². The van der Waals surface area contributed by atoms with Crippen LogP contribution in [0.3, 0.4) is 0 Å². The zero-order valence-corrected chi connectivity index (χ0v) is 12.1. The van der Waals surface area contributed by atoms with E-state index in [0.29, 0.717) is 6.54 Å². The van der Waals surface area contributed by atoms with E-state index in [4.69, 9.17) is 11.6 Å². The molecule has 19 heavy (non-hydrogen) atoms. The molecule has 4 nitrogen and oxygen atoms in total. The normalized spacial score (nSPS) is 10.9. The fraction of sp³-hybridized carbons (Fsp3) is 0.429. The molecule has 0 aliphatic carbocycles. The predicted octanol–water partition coefficient (Wildman–Crippen LogP) is 2.80. The summed E-state index contributed by atoms with van der Waals surface area (Å²) in [6.07, 6.45) is 4.50. The molecule has 0 saturated heterocycles. The van der Waals surface area contributed by atoms with E-state index in [9.17, 15) is 0 Å². The maximum absolute atomic E-state index is 6.35. The van der Waals surface area contributed by atoms with Crippen LogP contribution in [0.25, 0.3) is 0 Å². The van der Waals surface area contributed by atoms with E-state index in [1.165, 1.54) is 0 Å². The van der Waals surface area contributed by atoms with Crippen LogP contribution in [-0.4, -0.2) is 14.8 Å². The SMILES string of the molecule is CCc1nn(CC)c(CNCc2cccnc2)c1Cl. The van der Waals surface area contributed by atoms with Crippen LogP contribution < -0.4 is 5.32 Å². The Balaban J connectivity index is 2.01. The molecule has 0 aliphatic heterocycles. The molecule has 2 rings (SSSR count). The van der Waals surface area contributed by atoms with Crippen LogP contribution in [0.4, 0.5) is 0 Å². The van der Waals surface area contributed by atoms with Crippen LogP contribution in [-0.2, 0) is 26.1 Å². The quantitative estimate of drug-likeness (QED) is 0.884. The first kappa shape index (κ1) is 14.0. The molecule has 2 aromatic rings. The van der Waals surface area contributed by atoms with Crippen molar-refractivity contribution >= 4 is 11.6 Å². The summed E-state index contributed by atoms with van der Waals surface area (Å²) >= 11 is 6.35. The minimum atomic E-state index is 0.717. The molecule has 0 aromatic carbocycles. The van der Waals surface area contributed by atoms with E-state index in [0.717, 1.165) is 41.5 Å². The fourth-order valence-electron chi connectivity index (χ4n) is 2.01. The molecule has 0 fully saturated rings. The topological polar surface area (TPSA) is 42.7 Å². The van der Waals surface area contributed by atoms with Gasteiger partial charge in [-0.2, -0.15) is 5.10 Å². The Bertz CT molecular complexity index is 522. The molecule has 2 heterocycles. The van der Waals surface area contributed by atoms with Gasteiger partial charge in [-0.1, -0.05) is 24.6 Å². The second-order valence-corrected chi connectivity index (χ2v) is 4.72. The predicted molar refractivity (Wildman–Crippen MR) is 77.1 cm³/mol. The van der Waals surface area contributed by atoms with E-state index in [1.54, 1.807) is 6.20 Å². The van der Waals surface area contributed by atoms with Crippen LogP contribution >= 0.6 is 11.6 Å². The van der Waals surface area contributed by atoms with Crippen molar-refractivity contribution < 1.29 is 0 Å². The molecular formula is C14H19ClN4. The highest BCUT2D eigenvalue weighted by atomic mass is 35.5. The van der Waals surface area contributed by atoms with Gasteiger partial charge in [-0.25, -0.2) is 0 Å². The zero-order valence-electron chi connectivity index (χ0n) is 11.4. The standard InChI is InChI=1S/C14H19ClN4/c1-3-12-14(15)13(19(4-2)18-12)10-17-9-11-6-5-7-16-8-11/h5-8,17H,3-4,9-10H2,1-2H3. The molecule has 0 bridgehead atoms. The first-order valence-electron chi connectivity index (χ1n) is 6.59. The lowest BCUT2D eigenvalue weighted by Crippen LogP contribution is -2.16. The van der Waals surface area contributed by atoms with E-state index >= 15 is 0 Å². The molecule has 0 radical (unpaired) electrons. The Morgan fingerprint density at radius 1 is 1.32 bits per heavy atom. The van der Waals surface area contributed by atoms with Crippen molar-refractivity contribution in [1.29, 1.82) is 0 Å². The van der Waals surface area contributed by atoms with Crippen molar-refractivity contribution in [3.05, 3.63) is 46.5 Å². The van der Waals surface area contributed by atoms with Gasteiger partial charge >= 0.3 is 0 Å². The average Bonchev–Trinajstić information content (AvgIpc) is 2.76. The van der Waals surface area contributed by atoms with Gasteiger partial charge in [-0.15, -0.1) is 0 Å². The molecule has 0 atom stereocenters. The molecule has 102 valence electrons. The number of nitrogens with one attached hydrogen (secondary N) is 1. The highest BCUT2D eigenvalue weighted by molar-refractivity contribution is 6.31. The number of pyridine rings is 1. The summed E-state index contributed by atoms with van der Waals surface area (Å²) in [5, 5.41) is 8.68. The molecule has 0 unspecified atom stereocenters. The third-order valence-electron chi connectivity index (χ3n) is 3.04. The van der Waals surface area contributed by atoms with Gasteiger partial charge in [0.2, 0.25) is 0 Å². The number of aromatic nitrogens is 3. The highest BCUT2D eigenvalue weighted by Crippen LogP contribution is 2.21. The fourth-order valence-corrected chi connectivity index (χ4v) is 2.35. The molecule has 1 N–H and O–H groups in total. The van der Waals surface area contributed by atoms with Gasteiger partial charge < -0.3 is 5.32 Å². The Hall–Kier alpha value is -1.39. The summed E-state index contributed by atoms with van der Waals surface area (Å²) in [5.74, 6) is 0. The van der Waals surface area contributed by atoms with Crippen molar-refractivity contribution in [1.82, 2.24) is 20.1 Å². The Labute approximate surface area is 118 Å². The van der Waals surface area contributed by atoms with Crippen LogP contribution in [0.5, 0.6) is 0 Å². The van der Waals surface area contributed by atoms with Crippen LogP contribution in [0.2, 0.25) is 5.02 Å². The minimum absolute atomic E-state index is 0.717. The van der Waals surface area contributed by atoms with E-state index in [-0.39, 0.29) is 0 Å². The smallest absolute Gasteiger partial charge is 0.0863 e. The molecule has 0 spiro atoms. The lowest BCUT2D eigenvalue weighted by atomic mass is 10.2. The van der Waals surface area contributed by atoms with Gasteiger partial charge in [0, 0.05) is 32.0 Å². The summed E-state index contributed by atoms with van der Waals surface area (Å²) in [5.41, 5.74) is 3.20. The van der Waals surface area contributed by atoms with Crippen LogP contribution in [0.15, 0.2) is 24.5 Å². The summed E-state index contributed by atoms with van der Waals surface area (Å²) in [6.45, 7) is 6.48. The third-order valence-corrected chi connectivity index (χ3v) is 3.47. The average molecular weight is 279 g/mol. The number of rotatable bonds is 6. The van der Waals surface area contributed by atoms with Gasteiger partial charge in [-0.05, 0) is 25.0 Å². The number of halogens is 1.